The molecule has 0 spiro atoms. The molecule has 0 atom stereocenters. The topological polar surface area (TPSA) is 104 Å². The maximum atomic E-state index is 13.4. The van der Waals surface area contributed by atoms with Crippen molar-refractivity contribution in [2.45, 2.75) is 6.92 Å². The van der Waals surface area contributed by atoms with Crippen LogP contribution in [0, 0.1) is 0 Å². The largest absolute Gasteiger partial charge is 0.504 e. The lowest BCUT2D eigenvalue weighted by Gasteiger charge is -2.28. The summed E-state index contributed by atoms with van der Waals surface area (Å²) in [5, 5.41) is 19.4. The predicted octanol–water partition coefficient (Wildman–Crippen LogP) is 4.00. The van der Waals surface area contributed by atoms with E-state index in [1.807, 2.05) is 0 Å². The fourth-order valence-electron chi connectivity index (χ4n) is 3.48. The SMILES string of the molecule is CCOC(=O)c1ccc(N2C(=O)/C(=C/c3ccc(O)c(O)c3)c3ccccc3C2=O)cc1. The van der Waals surface area contributed by atoms with Gasteiger partial charge in [-0.15, -0.1) is 0 Å². The molecule has 1 aliphatic heterocycles. The number of ether oxygens (including phenoxy) is 1. The highest BCUT2D eigenvalue weighted by Gasteiger charge is 2.35. The number of anilines is 1. The van der Waals surface area contributed by atoms with Gasteiger partial charge in [-0.3, -0.25) is 9.59 Å². The van der Waals surface area contributed by atoms with Crippen molar-refractivity contribution in [2.75, 3.05) is 11.5 Å². The number of phenols is 2. The van der Waals surface area contributed by atoms with Crippen molar-refractivity contribution in [2.24, 2.45) is 0 Å². The predicted molar refractivity (Wildman–Crippen MR) is 118 cm³/mol. The second kappa shape index (κ2) is 8.39. The molecule has 0 fully saturated rings. The molecule has 0 saturated carbocycles. The summed E-state index contributed by atoms with van der Waals surface area (Å²) in [4.78, 5) is 39.5. The average Bonchev–Trinajstić information content (AvgIpc) is 2.80. The Bertz CT molecular complexity index is 1260. The molecule has 0 bridgehead atoms. The Morgan fingerprint density at radius 2 is 1.59 bits per heavy atom. The number of esters is 1. The molecule has 0 aliphatic carbocycles. The number of hydrogen-bond acceptors (Lipinski definition) is 6. The van der Waals surface area contributed by atoms with E-state index >= 15 is 0 Å². The van der Waals surface area contributed by atoms with Crippen molar-refractivity contribution in [3.63, 3.8) is 0 Å². The van der Waals surface area contributed by atoms with Crippen molar-refractivity contribution < 1.29 is 29.3 Å². The molecule has 2 N–H and O–H groups in total. The number of nitrogens with zero attached hydrogens (tertiary/aromatic N) is 1. The summed E-state index contributed by atoms with van der Waals surface area (Å²) in [6.45, 7) is 1.94. The molecular weight excluding hydrogens is 410 g/mol. The van der Waals surface area contributed by atoms with E-state index in [1.165, 1.54) is 36.4 Å². The van der Waals surface area contributed by atoms with Crippen LogP contribution in [0.4, 0.5) is 5.69 Å². The fraction of sp³-hybridized carbons (Fsp3) is 0.0800. The molecular formula is C25H19NO6. The van der Waals surface area contributed by atoms with Gasteiger partial charge in [-0.05, 0) is 66.6 Å². The van der Waals surface area contributed by atoms with Crippen LogP contribution in [0.5, 0.6) is 11.5 Å². The number of carbonyl (C=O) groups is 3. The molecule has 7 heteroatoms. The Balaban J connectivity index is 1.79. The van der Waals surface area contributed by atoms with Gasteiger partial charge in [0.1, 0.15) is 0 Å². The molecule has 160 valence electrons. The smallest absolute Gasteiger partial charge is 0.338 e. The zero-order chi connectivity index (χ0) is 22.8. The Morgan fingerprint density at radius 3 is 2.25 bits per heavy atom. The van der Waals surface area contributed by atoms with E-state index in [0.29, 0.717) is 27.9 Å². The standard InChI is InChI=1S/C25H19NO6/c1-2-32-25(31)16-8-10-17(11-9-16)26-23(29)19-6-4-3-5-18(19)20(24(26)30)13-15-7-12-21(27)22(28)14-15/h3-14,27-28H,2H2,1H3/b20-13+. The molecule has 1 heterocycles. The number of carbonyl (C=O) groups excluding carboxylic acids is 3. The second-order valence-corrected chi connectivity index (χ2v) is 7.06. The van der Waals surface area contributed by atoms with Gasteiger partial charge in [-0.25, -0.2) is 9.69 Å². The number of imide groups is 1. The Labute approximate surface area is 183 Å². The summed E-state index contributed by atoms with van der Waals surface area (Å²) in [6.07, 6.45) is 1.55. The van der Waals surface area contributed by atoms with Gasteiger partial charge in [0.15, 0.2) is 11.5 Å². The van der Waals surface area contributed by atoms with Gasteiger partial charge in [0.2, 0.25) is 0 Å². The number of amides is 2. The highest BCUT2D eigenvalue weighted by atomic mass is 16.5. The third-order valence-corrected chi connectivity index (χ3v) is 5.03. The molecule has 32 heavy (non-hydrogen) atoms. The first-order valence-electron chi connectivity index (χ1n) is 9.89. The molecule has 3 aromatic rings. The number of fused-ring (bicyclic) bond motifs is 1. The number of aromatic hydroxyl groups is 2. The summed E-state index contributed by atoms with van der Waals surface area (Å²) in [5.41, 5.74) is 2.15. The number of hydrogen-bond donors (Lipinski definition) is 2. The maximum absolute atomic E-state index is 13.4. The lowest BCUT2D eigenvalue weighted by atomic mass is 9.91. The third kappa shape index (κ3) is 3.72. The van der Waals surface area contributed by atoms with Gasteiger partial charge < -0.3 is 14.9 Å². The van der Waals surface area contributed by atoms with Crippen molar-refractivity contribution in [1.29, 1.82) is 0 Å². The third-order valence-electron chi connectivity index (χ3n) is 5.03. The van der Waals surface area contributed by atoms with Crippen molar-refractivity contribution in [1.82, 2.24) is 0 Å². The number of rotatable bonds is 4. The molecule has 3 aromatic carbocycles. The van der Waals surface area contributed by atoms with Crippen LogP contribution in [0.15, 0.2) is 66.7 Å². The highest BCUT2D eigenvalue weighted by Crippen LogP contribution is 2.34. The minimum absolute atomic E-state index is 0.238. The summed E-state index contributed by atoms with van der Waals surface area (Å²) in [6, 6.07) is 17.0. The summed E-state index contributed by atoms with van der Waals surface area (Å²) >= 11 is 0. The normalized spacial score (nSPS) is 14.4. The van der Waals surface area contributed by atoms with Crippen LogP contribution < -0.4 is 4.90 Å². The number of phenolic OH excluding ortho intramolecular Hbond substituents is 2. The summed E-state index contributed by atoms with van der Waals surface area (Å²) < 4.78 is 4.97. The number of benzene rings is 3. The highest BCUT2D eigenvalue weighted by molar-refractivity contribution is 6.43. The summed E-state index contributed by atoms with van der Waals surface area (Å²) in [7, 11) is 0. The van der Waals surface area contributed by atoms with Crippen molar-refractivity contribution in [3.05, 3.63) is 89.0 Å². The van der Waals surface area contributed by atoms with E-state index in [1.54, 1.807) is 43.3 Å². The molecule has 7 nitrogen and oxygen atoms in total. The van der Waals surface area contributed by atoms with E-state index < -0.39 is 17.8 Å². The van der Waals surface area contributed by atoms with Gasteiger partial charge in [0.25, 0.3) is 11.8 Å². The molecule has 0 radical (unpaired) electrons. The van der Waals surface area contributed by atoms with Gasteiger partial charge in [-0.1, -0.05) is 24.3 Å². The minimum atomic E-state index is -0.551. The van der Waals surface area contributed by atoms with Gasteiger partial charge >= 0.3 is 5.97 Å². The van der Waals surface area contributed by atoms with Crippen LogP contribution in [0.2, 0.25) is 0 Å². The molecule has 1 aliphatic rings. The van der Waals surface area contributed by atoms with E-state index in [9.17, 15) is 24.6 Å². The first-order valence-corrected chi connectivity index (χ1v) is 9.89. The van der Waals surface area contributed by atoms with Crippen LogP contribution in [-0.4, -0.2) is 34.6 Å². The molecule has 0 saturated heterocycles. The van der Waals surface area contributed by atoms with Crippen LogP contribution in [0.1, 0.15) is 38.8 Å². The molecule has 4 rings (SSSR count). The maximum Gasteiger partial charge on any atom is 0.338 e. The fourth-order valence-corrected chi connectivity index (χ4v) is 3.48. The summed E-state index contributed by atoms with van der Waals surface area (Å²) in [5.74, 6) is -2.13. The van der Waals surface area contributed by atoms with E-state index in [0.717, 1.165) is 4.90 Å². The van der Waals surface area contributed by atoms with E-state index in [4.69, 9.17) is 4.74 Å². The van der Waals surface area contributed by atoms with Gasteiger partial charge in [-0.2, -0.15) is 0 Å². The van der Waals surface area contributed by atoms with Gasteiger partial charge in [0, 0.05) is 11.1 Å². The van der Waals surface area contributed by atoms with Crippen LogP contribution in [-0.2, 0) is 9.53 Å². The average molecular weight is 429 g/mol. The first-order chi connectivity index (χ1) is 15.4. The quantitative estimate of drug-likeness (QED) is 0.281. The van der Waals surface area contributed by atoms with Crippen molar-refractivity contribution >= 4 is 35.1 Å². The Hall–Kier alpha value is -4.39. The van der Waals surface area contributed by atoms with E-state index in [-0.39, 0.29) is 23.7 Å². The zero-order valence-corrected chi connectivity index (χ0v) is 17.1. The van der Waals surface area contributed by atoms with Crippen LogP contribution in [0.3, 0.4) is 0 Å². The zero-order valence-electron chi connectivity index (χ0n) is 17.1. The monoisotopic (exact) mass is 429 g/mol. The molecule has 0 unspecified atom stereocenters. The Morgan fingerprint density at radius 1 is 0.906 bits per heavy atom. The van der Waals surface area contributed by atoms with Crippen LogP contribution in [0.25, 0.3) is 11.6 Å². The van der Waals surface area contributed by atoms with E-state index in [2.05, 4.69) is 0 Å². The minimum Gasteiger partial charge on any atom is -0.504 e. The molecule has 2 amide bonds. The Kier molecular flexibility index (Phi) is 5.47. The molecule has 0 aromatic heterocycles. The van der Waals surface area contributed by atoms with Crippen molar-refractivity contribution in [3.8, 4) is 11.5 Å². The van der Waals surface area contributed by atoms with Crippen LogP contribution >= 0.6 is 0 Å². The second-order valence-electron chi connectivity index (χ2n) is 7.06. The van der Waals surface area contributed by atoms with Gasteiger partial charge in [0.05, 0.1) is 17.9 Å². The lowest BCUT2D eigenvalue weighted by Crippen LogP contribution is -2.41. The first kappa shape index (κ1) is 20.9. The lowest BCUT2D eigenvalue weighted by molar-refractivity contribution is -0.112.